The van der Waals surface area contributed by atoms with Gasteiger partial charge in [-0.1, -0.05) is 20.6 Å². The third-order valence-electron chi connectivity index (χ3n) is 10.2. The Balaban J connectivity index is 0.000000222. The minimum absolute atomic E-state index is 0.00704. The smallest absolute Gasteiger partial charge is 0.302 e. The number of piperidine rings is 3. The Labute approximate surface area is 468 Å². The largest absolute Gasteiger partial charge is 0.354 e. The number of fused-ring (bicyclic) bond motifs is 3. The van der Waals surface area contributed by atoms with Crippen LogP contribution >= 0.6 is 0 Å². The molecule has 0 bridgehead atoms. The summed E-state index contributed by atoms with van der Waals surface area (Å²) < 4.78 is 286. The molecule has 3 fully saturated rings. The minimum Gasteiger partial charge on any atom is -0.354 e. The Morgan fingerprint density at radius 1 is 0.611 bits per heavy atom. The van der Waals surface area contributed by atoms with E-state index < -0.39 is 158 Å². The summed E-state index contributed by atoms with van der Waals surface area (Å²) in [5.74, 6) is -15.4. The van der Waals surface area contributed by atoms with Crippen molar-refractivity contribution in [1.82, 2.24) is 59.6 Å². The molecular formula is C51H66N18O3. The van der Waals surface area contributed by atoms with Gasteiger partial charge in [-0.2, -0.15) is 0 Å². The minimum atomic E-state index is -3.89. The van der Waals surface area contributed by atoms with Crippen LogP contribution in [0, 0.1) is 58.2 Å². The Morgan fingerprint density at radius 2 is 1.00 bits per heavy atom. The van der Waals surface area contributed by atoms with Crippen molar-refractivity contribution in [2.45, 2.75) is 78.5 Å². The summed E-state index contributed by atoms with van der Waals surface area (Å²) in [5, 5.41) is -0.0715. The van der Waals surface area contributed by atoms with E-state index in [0.717, 1.165) is 45.0 Å². The van der Waals surface area contributed by atoms with Gasteiger partial charge in [0.15, 0.2) is 0 Å². The van der Waals surface area contributed by atoms with Crippen LogP contribution in [0.5, 0.6) is 0 Å². The number of nitrogens with zero attached hydrogens (tertiary/aromatic N) is 15. The number of hydrogen-bond donors (Lipinski definition) is 3. The molecule has 0 aliphatic carbocycles. The van der Waals surface area contributed by atoms with E-state index in [0.29, 0.717) is 26.9 Å². The molecule has 0 unspecified atom stereocenters. The van der Waals surface area contributed by atoms with Crippen molar-refractivity contribution >= 4 is 68.3 Å². The molecular weight excluding hydrogens is 913 g/mol. The first-order valence-corrected chi connectivity index (χ1v) is 20.9. The first-order chi connectivity index (χ1) is 47.8. The number of carbonyl (C=O) groups excluding carboxylic acids is 3. The molecule has 3 saturated heterocycles. The highest BCUT2D eigenvalue weighted by molar-refractivity contribution is 5.90. The fraction of sp³-hybridized carbons (Fsp3) is 0.529. The molecule has 0 spiro atoms. The second-order valence-corrected chi connectivity index (χ2v) is 15.2. The highest BCUT2D eigenvalue weighted by Crippen LogP contribution is 2.32. The number of rotatable bonds is 9. The van der Waals surface area contributed by atoms with E-state index in [1.54, 1.807) is 13.8 Å². The molecule has 3 aliphatic heterocycles. The molecule has 9 rings (SSSR count). The van der Waals surface area contributed by atoms with Crippen LogP contribution in [0.25, 0.3) is 47.6 Å². The maximum absolute atomic E-state index is 12.8. The molecule has 6 aromatic rings. The summed E-state index contributed by atoms with van der Waals surface area (Å²) in [6.45, 7) is -10.1. The van der Waals surface area contributed by atoms with Crippen molar-refractivity contribution in [3.8, 4) is 0 Å². The lowest BCUT2D eigenvalue weighted by Crippen LogP contribution is -2.53. The molecule has 3 N–H and O–H groups in total. The third-order valence-corrected chi connectivity index (χ3v) is 10.2. The van der Waals surface area contributed by atoms with Gasteiger partial charge in [0.2, 0.25) is 0 Å². The summed E-state index contributed by atoms with van der Waals surface area (Å²) in [7, 11) is 3.12. The fourth-order valence-electron chi connectivity index (χ4n) is 6.83. The predicted molar refractivity (Wildman–Crippen MR) is 278 cm³/mol. The van der Waals surface area contributed by atoms with Crippen molar-refractivity contribution in [2.75, 3.05) is 94.5 Å². The van der Waals surface area contributed by atoms with Gasteiger partial charge in [0.25, 0.3) is 19.6 Å². The highest BCUT2D eigenvalue weighted by atomic mass is 16.2. The number of H-pyrrole nitrogens is 3. The van der Waals surface area contributed by atoms with E-state index in [1.807, 2.05) is 0 Å². The van der Waals surface area contributed by atoms with Crippen molar-refractivity contribution < 1.29 is 61.0 Å². The maximum Gasteiger partial charge on any atom is 0.302 e. The van der Waals surface area contributed by atoms with E-state index in [-0.39, 0.29) is 77.6 Å². The normalized spacial score (nSPS) is 38.7. The number of aromatic amines is 3. The maximum atomic E-state index is 12.8. The summed E-state index contributed by atoms with van der Waals surface area (Å²) in [6.07, 6.45) is -8.04. The second kappa shape index (κ2) is 22.9. The van der Waals surface area contributed by atoms with Gasteiger partial charge < -0.3 is 58.9 Å². The number of nitrogens with one attached hydrogen (secondary N) is 3. The lowest BCUT2D eigenvalue weighted by atomic mass is 9.92. The Kier molecular flexibility index (Phi) is 7.51. The summed E-state index contributed by atoms with van der Waals surface area (Å²) >= 11 is 0. The van der Waals surface area contributed by atoms with E-state index in [4.69, 9.17) is 63.6 Å². The summed E-state index contributed by atoms with van der Waals surface area (Å²) in [4.78, 5) is 80.5. The Hall–Kier alpha value is -7.86. The van der Waals surface area contributed by atoms with Crippen molar-refractivity contribution in [2.24, 2.45) is 17.7 Å². The van der Waals surface area contributed by atoms with Gasteiger partial charge in [0.1, 0.15) is 53.4 Å². The molecule has 9 heterocycles. The molecule has 3 amide bonds. The molecule has 6 atom stereocenters. The van der Waals surface area contributed by atoms with Crippen LogP contribution in [0.3, 0.4) is 0 Å². The number of carbonyl (C=O) groups is 3. The number of aryl methyl sites for hydroxylation is 3. The van der Waals surface area contributed by atoms with Gasteiger partial charge in [-0.3, -0.25) is 14.4 Å². The number of likely N-dealkylation sites (tertiary alicyclic amines) is 3. The van der Waals surface area contributed by atoms with E-state index in [2.05, 4.69) is 59.4 Å². The van der Waals surface area contributed by atoms with Crippen LogP contribution in [0.2, 0.25) is 0 Å². The highest BCUT2D eigenvalue weighted by Gasteiger charge is 2.36. The number of likely N-dealkylation sites (N-methyl/N-ethyl adjacent to an activating group) is 3. The fourth-order valence-corrected chi connectivity index (χ4v) is 6.83. The zero-order valence-corrected chi connectivity index (χ0v) is 38.9. The molecule has 21 heteroatoms. The van der Waals surface area contributed by atoms with Crippen LogP contribution in [0.4, 0.5) is 17.5 Å². The Morgan fingerprint density at radius 3 is 1.43 bits per heavy atom. The predicted octanol–water partition coefficient (Wildman–Crippen LogP) is 5.58. The molecule has 0 aromatic carbocycles. The zero-order valence-electron chi connectivity index (χ0n) is 72.9. The van der Waals surface area contributed by atoms with Crippen molar-refractivity contribution in [3.05, 3.63) is 88.4 Å². The lowest BCUT2D eigenvalue weighted by Gasteiger charge is -2.41. The average molecular weight is 1010 g/mol. The summed E-state index contributed by atoms with van der Waals surface area (Å²) in [5.41, 5.74) is 1.31. The van der Waals surface area contributed by atoms with Gasteiger partial charge in [-0.15, -0.1) is 0 Å². The van der Waals surface area contributed by atoms with Crippen LogP contribution in [0.15, 0.2) is 37.1 Å². The van der Waals surface area contributed by atoms with Crippen LogP contribution in [0.1, 0.15) is 103 Å². The van der Waals surface area contributed by atoms with E-state index >= 15 is 0 Å². The number of hydrogen-bond acceptors (Lipinski definition) is 12. The van der Waals surface area contributed by atoms with Gasteiger partial charge in [0, 0.05) is 109 Å². The topological polar surface area (TPSA) is 208 Å². The average Bonchev–Trinajstić information content (AvgIpc) is 1.47. The lowest BCUT2D eigenvalue weighted by molar-refractivity contribution is -0.131. The first kappa shape index (κ1) is 23.6. The van der Waals surface area contributed by atoms with Crippen LogP contribution in [-0.4, -0.2) is 175 Å². The molecule has 0 radical (unpaired) electrons. The molecule has 3 aliphatic rings. The van der Waals surface area contributed by atoms with E-state index in [1.165, 1.54) is 6.92 Å². The first-order valence-electron chi connectivity index (χ1n) is 37.9. The quantitative estimate of drug-likeness (QED) is 0.152. The molecule has 378 valence electrons. The standard InChI is InChI=1S/3C17H22N6O/c3*1-11-5-6-23(15(24)8-18-3)9-14(11)22(4)17-13-7-12(2)21-16(13)19-10-20-17/h3*7,10-11,14H,5-6,8-9H2,1-2,4H3,(H,19,20,21)/t3*11-,14+/m111/s1/i1D3,5D2,6D2,7D,9D2,11D,14D;1D3,5D2,6D2,7D,9D2,14D;1D3,5D2,6D2,7D,9D2,11D. The van der Waals surface area contributed by atoms with Crippen molar-refractivity contribution in [1.29, 1.82) is 0 Å². The van der Waals surface area contributed by atoms with Gasteiger partial charge in [-0.25, -0.2) is 49.6 Å². The van der Waals surface area contributed by atoms with Crippen LogP contribution in [-0.2, 0) is 14.4 Å². The van der Waals surface area contributed by atoms with Crippen LogP contribution < -0.4 is 14.7 Å². The van der Waals surface area contributed by atoms with Crippen molar-refractivity contribution in [3.63, 3.8) is 0 Å². The van der Waals surface area contributed by atoms with E-state index in [9.17, 15) is 17.1 Å². The molecule has 0 saturated carbocycles. The number of amides is 3. The van der Waals surface area contributed by atoms with Gasteiger partial charge >= 0.3 is 17.7 Å². The van der Waals surface area contributed by atoms with Gasteiger partial charge in [0.05, 0.1) is 49.3 Å². The molecule has 72 heavy (non-hydrogen) atoms. The third kappa shape index (κ3) is 11.5. The number of anilines is 3. The van der Waals surface area contributed by atoms with Gasteiger partial charge in [-0.05, 0) is 75.7 Å². The number of aromatic nitrogens is 9. The molecule has 21 nitrogen and oxygen atoms in total. The monoisotopic (exact) mass is 1010 g/mol. The second-order valence-electron chi connectivity index (χ2n) is 15.2. The summed E-state index contributed by atoms with van der Waals surface area (Å²) in [6, 6.07) is -9.64. The SMILES string of the molecule is [2H]c1c(C)[nH]c2ncnc(N(C)[C@@]3([2H])C([2H])([2H])N(C(=O)C[N+]#[C-])C([2H])([2H])C([2H])([2H])[C@@]3([2H])C([2H])([2H])[2H])c12.[2H]c1c(C)[nH]c2ncnc(N(C)[C@H]3C([2H])([2H])N(C(=O)C[N+]#[C-])C([2H])([2H])C([2H])([2H])[C@@]3([2H])C([2H])([2H])[2H])c12.[2H]c1c(C)[nH]c2ncnc(N(C)[C@]3([2H])[C@H](C([2H])([2H])[2H])C([2H])([2H])C([2H])([2H])N(C(=O)C[N+]#[C-])C3([2H])[2H])c12. The Bertz CT molecular complexity index is 4610. The zero-order chi connectivity index (χ0) is 81.7. The molecule has 6 aromatic heterocycles.